The zero-order valence-corrected chi connectivity index (χ0v) is 24.3. The molecule has 206 valence electrons. The predicted octanol–water partition coefficient (Wildman–Crippen LogP) is 7.51. The second-order valence-corrected chi connectivity index (χ2v) is 15.6. The van der Waals surface area contributed by atoms with Crippen LogP contribution in [-0.2, 0) is 14.1 Å². The molecule has 0 aliphatic heterocycles. The Morgan fingerprint density at radius 2 is 1.83 bits per heavy atom. The predicted molar refractivity (Wildman–Crippen MR) is 144 cm³/mol. The van der Waals surface area contributed by atoms with Crippen LogP contribution in [0.1, 0.15) is 112 Å². The van der Waals surface area contributed by atoms with E-state index in [-0.39, 0.29) is 17.9 Å². The number of hydrogen-bond acceptors (Lipinski definition) is 3. The Morgan fingerprint density at radius 1 is 1.08 bits per heavy atom. The maximum atomic E-state index is 12.2. The fourth-order valence-electron chi connectivity index (χ4n) is 9.23. The van der Waals surface area contributed by atoms with Gasteiger partial charge in [0.05, 0.1) is 12.6 Å². The van der Waals surface area contributed by atoms with E-state index in [0.29, 0.717) is 5.41 Å². The summed E-state index contributed by atoms with van der Waals surface area (Å²) in [6.07, 6.45) is 15.2. The number of hydrogen-bond donors (Lipinski definition) is 2. The number of allylic oxidation sites excluding steroid dienone is 1. The molecule has 36 heavy (non-hydrogen) atoms. The Bertz CT molecular complexity index is 877. The van der Waals surface area contributed by atoms with E-state index in [1.165, 1.54) is 56.9 Å². The Hall–Kier alpha value is -0.640. The smallest absolute Gasteiger partial charge is 0.326 e. The largest absolute Gasteiger partial charge is 0.462 e. The minimum Gasteiger partial charge on any atom is -0.462 e. The first-order valence-corrected chi connectivity index (χ1v) is 16.6. The van der Waals surface area contributed by atoms with Crippen molar-refractivity contribution in [3.05, 3.63) is 11.6 Å². The minimum atomic E-state index is -4.17. The average molecular weight is 523 g/mol. The zero-order valence-electron chi connectivity index (χ0n) is 23.4. The third kappa shape index (κ3) is 5.84. The summed E-state index contributed by atoms with van der Waals surface area (Å²) in [5, 5.41) is 0. The van der Waals surface area contributed by atoms with Crippen LogP contribution in [0, 0.1) is 46.3 Å². The molecule has 6 heteroatoms. The molecule has 0 heterocycles. The van der Waals surface area contributed by atoms with Crippen molar-refractivity contribution in [3.63, 3.8) is 0 Å². The first-order valence-electron chi connectivity index (χ1n) is 14.8. The summed E-state index contributed by atoms with van der Waals surface area (Å²) in [6.45, 7) is 12.3. The van der Waals surface area contributed by atoms with E-state index < -0.39 is 19.7 Å². The van der Waals surface area contributed by atoms with Crippen molar-refractivity contribution in [2.24, 2.45) is 46.3 Å². The van der Waals surface area contributed by atoms with Gasteiger partial charge in [0.2, 0.25) is 0 Å². The van der Waals surface area contributed by atoms with Crippen LogP contribution in [-0.4, -0.2) is 28.0 Å². The summed E-state index contributed by atoms with van der Waals surface area (Å²) in [6, 6.07) is 0. The maximum absolute atomic E-state index is 12.2. The van der Waals surface area contributed by atoms with Crippen molar-refractivity contribution in [2.45, 2.75) is 118 Å². The van der Waals surface area contributed by atoms with Crippen LogP contribution in [0.5, 0.6) is 0 Å². The van der Waals surface area contributed by atoms with E-state index in [1.807, 2.05) is 0 Å². The number of ether oxygens (including phenoxy) is 1. The second-order valence-electron chi connectivity index (χ2n) is 13.8. The number of fused-ring (bicyclic) bond motifs is 5. The molecule has 0 aromatic heterocycles. The van der Waals surface area contributed by atoms with Gasteiger partial charge in [-0.1, -0.05) is 65.5 Å². The van der Waals surface area contributed by atoms with Crippen LogP contribution in [0.3, 0.4) is 0 Å². The van der Waals surface area contributed by atoms with Crippen LogP contribution in [0.15, 0.2) is 11.6 Å². The summed E-state index contributed by atoms with van der Waals surface area (Å²) in [5.74, 6) is 4.39. The zero-order chi connectivity index (χ0) is 26.3. The Balaban J connectivity index is 1.39. The van der Waals surface area contributed by atoms with Crippen molar-refractivity contribution in [1.29, 1.82) is 0 Å². The van der Waals surface area contributed by atoms with Gasteiger partial charge in [-0.25, -0.2) is 0 Å². The van der Waals surface area contributed by atoms with Crippen molar-refractivity contribution in [2.75, 3.05) is 6.16 Å². The number of carbonyl (C=O) groups is 1. The van der Waals surface area contributed by atoms with Crippen LogP contribution >= 0.6 is 7.60 Å². The molecule has 0 unspecified atom stereocenters. The van der Waals surface area contributed by atoms with E-state index in [9.17, 15) is 9.36 Å². The lowest BCUT2D eigenvalue weighted by atomic mass is 9.47. The normalized spacial score (nSPS) is 39.1. The monoisotopic (exact) mass is 522 g/mol. The van der Waals surface area contributed by atoms with E-state index >= 15 is 0 Å². The molecule has 0 bridgehead atoms. The van der Waals surface area contributed by atoms with Crippen LogP contribution in [0.2, 0.25) is 0 Å². The van der Waals surface area contributed by atoms with Gasteiger partial charge in [0.15, 0.2) is 0 Å². The molecule has 3 fully saturated rings. The highest BCUT2D eigenvalue weighted by Crippen LogP contribution is 2.67. The third-order valence-corrected chi connectivity index (χ3v) is 12.0. The van der Waals surface area contributed by atoms with Crippen molar-refractivity contribution >= 4 is 13.6 Å². The molecular formula is C30H51O5P. The molecule has 0 aromatic rings. The summed E-state index contributed by atoms with van der Waals surface area (Å²) in [4.78, 5) is 30.3. The Labute approximate surface area is 219 Å². The molecule has 4 rings (SSSR count). The van der Waals surface area contributed by atoms with Gasteiger partial charge in [-0.2, -0.15) is 0 Å². The number of esters is 1. The molecular weight excluding hydrogens is 471 g/mol. The van der Waals surface area contributed by atoms with Crippen LogP contribution in [0.4, 0.5) is 0 Å². The first-order chi connectivity index (χ1) is 16.8. The lowest BCUT2D eigenvalue weighted by Crippen LogP contribution is -2.51. The van der Waals surface area contributed by atoms with Gasteiger partial charge in [-0.15, -0.1) is 0 Å². The van der Waals surface area contributed by atoms with Crippen molar-refractivity contribution < 1.29 is 23.9 Å². The number of carbonyl (C=O) groups excluding carboxylic acids is 1. The summed E-state index contributed by atoms with van der Waals surface area (Å²) < 4.78 is 16.8. The molecule has 3 saturated carbocycles. The van der Waals surface area contributed by atoms with Crippen molar-refractivity contribution in [1.82, 2.24) is 0 Å². The fourth-order valence-corrected chi connectivity index (χ4v) is 9.71. The molecule has 5 nitrogen and oxygen atoms in total. The van der Waals surface area contributed by atoms with Gasteiger partial charge in [0.1, 0.15) is 6.10 Å². The molecule has 4 aliphatic rings. The molecule has 0 aromatic carbocycles. The lowest BCUT2D eigenvalue weighted by molar-refractivity contribution is -0.151. The van der Waals surface area contributed by atoms with Crippen LogP contribution < -0.4 is 0 Å². The van der Waals surface area contributed by atoms with Gasteiger partial charge < -0.3 is 14.5 Å². The van der Waals surface area contributed by atoms with E-state index in [1.54, 1.807) is 0 Å². The fraction of sp³-hybridized carbons (Fsp3) is 0.900. The van der Waals surface area contributed by atoms with Crippen molar-refractivity contribution in [3.8, 4) is 0 Å². The van der Waals surface area contributed by atoms with E-state index in [2.05, 4.69) is 40.7 Å². The van der Waals surface area contributed by atoms with Gasteiger partial charge in [-0.05, 0) is 91.3 Å². The van der Waals surface area contributed by atoms with Gasteiger partial charge >= 0.3 is 13.6 Å². The van der Waals surface area contributed by atoms with Gasteiger partial charge in [-0.3, -0.25) is 9.36 Å². The summed E-state index contributed by atoms with van der Waals surface area (Å²) >= 11 is 0. The average Bonchev–Trinajstić information content (AvgIpc) is 3.14. The Morgan fingerprint density at radius 3 is 2.53 bits per heavy atom. The minimum absolute atomic E-state index is 0.151. The highest BCUT2D eigenvalue weighted by molar-refractivity contribution is 7.51. The van der Waals surface area contributed by atoms with Gasteiger partial charge in [0, 0.05) is 6.42 Å². The lowest BCUT2D eigenvalue weighted by Gasteiger charge is -2.58. The summed E-state index contributed by atoms with van der Waals surface area (Å²) in [5.41, 5.74) is 2.18. The molecule has 8 atom stereocenters. The van der Waals surface area contributed by atoms with Gasteiger partial charge in [0.25, 0.3) is 0 Å². The third-order valence-electron chi connectivity index (χ3n) is 11.2. The van der Waals surface area contributed by atoms with E-state index in [0.717, 1.165) is 54.8 Å². The molecule has 4 aliphatic carbocycles. The molecule has 0 saturated heterocycles. The second kappa shape index (κ2) is 10.9. The van der Waals surface area contributed by atoms with Crippen LogP contribution in [0.25, 0.3) is 0 Å². The number of rotatable bonds is 9. The topological polar surface area (TPSA) is 83.8 Å². The quantitative estimate of drug-likeness (QED) is 0.186. The molecule has 0 spiro atoms. The summed E-state index contributed by atoms with van der Waals surface area (Å²) in [7, 11) is -4.17. The highest BCUT2D eigenvalue weighted by atomic mass is 31.2. The standard InChI is InChI=1S/C30H51O5P/c1-20(2)7-6-8-21(3)25-11-12-26-24-10-9-22-19-23(35-28(31)15-18-36(32,33)34)13-16-29(22,4)27(24)14-17-30(25,26)5/h9,20-21,23-27H,6-8,10-19H2,1-5H3,(H2,32,33,34)/t21-,23+,24+,25-,26+,27+,29+,30-/m1/s1. The SMILES string of the molecule is CC(C)CCC[C@@H](C)[C@H]1CC[C@H]2[C@@H]3CC=C4C[C@@H](OC(=O)CCP(=O)(O)O)CC[C@]4(C)[C@H]3CC[C@]12C. The molecule has 2 N–H and O–H groups in total. The first kappa shape index (κ1) is 28.4. The van der Waals surface area contributed by atoms with E-state index in [4.69, 9.17) is 14.5 Å². The Kier molecular flexibility index (Phi) is 8.55. The maximum Gasteiger partial charge on any atom is 0.326 e. The highest BCUT2D eigenvalue weighted by Gasteiger charge is 2.59. The molecule has 0 radical (unpaired) electrons. The molecule has 0 amide bonds.